The number of imidazole rings is 1. The number of aromatic nitrogens is 2. The first-order chi connectivity index (χ1) is 20.7. The molecule has 0 aliphatic carbocycles. The number of hydrogen-bond donors (Lipinski definition) is 1. The molecule has 0 aliphatic heterocycles. The van der Waals surface area contributed by atoms with Crippen LogP contribution in [0.25, 0.3) is 0 Å². The van der Waals surface area contributed by atoms with Crippen molar-refractivity contribution in [3.63, 3.8) is 0 Å². The number of hydrogen-bond acceptors (Lipinski definition) is 0. The van der Waals surface area contributed by atoms with Gasteiger partial charge in [-0.1, -0.05) is 194 Å². The number of unbranched alkanes of at least 4 members (excludes halogenated alkanes) is 25. The number of nitrogens with one attached hydrogen (secondary N) is 1. The molecular formula is C40H79N2+. The Morgan fingerprint density at radius 1 is 0.452 bits per heavy atom. The van der Waals surface area contributed by atoms with E-state index in [9.17, 15) is 0 Å². The second-order valence-electron chi connectivity index (χ2n) is 14.0. The monoisotopic (exact) mass is 588 g/mol. The van der Waals surface area contributed by atoms with E-state index in [0.29, 0.717) is 12.0 Å². The summed E-state index contributed by atoms with van der Waals surface area (Å²) in [6.07, 6.45) is 48.7. The number of H-pyrrole nitrogens is 1. The molecule has 2 atom stereocenters. The zero-order valence-corrected chi connectivity index (χ0v) is 29.7. The van der Waals surface area contributed by atoms with Crippen molar-refractivity contribution in [1.82, 2.24) is 4.98 Å². The van der Waals surface area contributed by atoms with E-state index in [-0.39, 0.29) is 0 Å². The summed E-state index contributed by atoms with van der Waals surface area (Å²) < 4.78 is 2.63. The van der Waals surface area contributed by atoms with Crippen LogP contribution in [0, 0.1) is 0 Å². The highest BCUT2D eigenvalue weighted by atomic mass is 15.1. The first-order valence-electron chi connectivity index (χ1n) is 19.8. The van der Waals surface area contributed by atoms with Crippen LogP contribution in [0.1, 0.15) is 245 Å². The molecule has 2 unspecified atom stereocenters. The SMILES string of the molecule is CCCCCCCCCCCCCCCC(CCCCCCCCC)c1[nH]cc[n+]1C(C)CCCCCCCCCC. The van der Waals surface area contributed by atoms with E-state index in [0.717, 1.165) is 0 Å². The van der Waals surface area contributed by atoms with E-state index in [4.69, 9.17) is 0 Å². The number of aromatic amines is 1. The minimum Gasteiger partial charge on any atom is -0.247 e. The van der Waals surface area contributed by atoms with E-state index in [1.807, 2.05) is 0 Å². The lowest BCUT2D eigenvalue weighted by Gasteiger charge is -2.17. The maximum Gasteiger partial charge on any atom is 0.257 e. The van der Waals surface area contributed by atoms with Crippen molar-refractivity contribution in [2.75, 3.05) is 0 Å². The standard InChI is InChI=1S/C40H78N2/c1-5-8-11-14-17-19-20-21-22-23-26-29-32-35-39(34-31-28-24-16-13-10-7-3)40-41-36-37-42(40)38(4)33-30-27-25-18-15-12-9-6-2/h36-39H,5-35H2,1-4H3/p+1. The van der Waals surface area contributed by atoms with Gasteiger partial charge in [0.05, 0.1) is 12.0 Å². The second-order valence-corrected chi connectivity index (χ2v) is 14.0. The Morgan fingerprint density at radius 2 is 0.762 bits per heavy atom. The molecule has 0 saturated heterocycles. The molecule has 2 nitrogen and oxygen atoms in total. The minimum atomic E-state index is 0.620. The summed E-state index contributed by atoms with van der Waals surface area (Å²) in [6, 6.07) is 0.620. The summed E-state index contributed by atoms with van der Waals surface area (Å²) in [6.45, 7) is 9.41. The van der Waals surface area contributed by atoms with Crippen molar-refractivity contribution >= 4 is 0 Å². The molecule has 248 valence electrons. The van der Waals surface area contributed by atoms with Gasteiger partial charge in [-0.15, -0.1) is 0 Å². The molecule has 1 aromatic heterocycles. The average molecular weight is 588 g/mol. The molecule has 2 heteroatoms. The van der Waals surface area contributed by atoms with Gasteiger partial charge in [-0.3, -0.25) is 0 Å². The van der Waals surface area contributed by atoms with Crippen molar-refractivity contribution in [3.05, 3.63) is 18.2 Å². The molecule has 0 amide bonds. The Morgan fingerprint density at radius 3 is 1.12 bits per heavy atom. The fourth-order valence-corrected chi connectivity index (χ4v) is 6.96. The smallest absolute Gasteiger partial charge is 0.247 e. The van der Waals surface area contributed by atoms with Crippen LogP contribution in [0.4, 0.5) is 0 Å². The predicted molar refractivity (Wildman–Crippen MR) is 189 cm³/mol. The highest BCUT2D eigenvalue weighted by Gasteiger charge is 2.25. The number of nitrogens with zero attached hydrogens (tertiary/aromatic N) is 1. The molecule has 42 heavy (non-hydrogen) atoms. The third-order valence-electron chi connectivity index (χ3n) is 9.89. The molecular weight excluding hydrogens is 508 g/mol. The van der Waals surface area contributed by atoms with Gasteiger partial charge >= 0.3 is 0 Å². The highest BCUT2D eigenvalue weighted by molar-refractivity contribution is 4.90. The zero-order chi connectivity index (χ0) is 30.4. The van der Waals surface area contributed by atoms with Crippen LogP contribution in [0.5, 0.6) is 0 Å². The fraction of sp³-hybridized carbons (Fsp3) is 0.925. The minimum absolute atomic E-state index is 0.620. The van der Waals surface area contributed by atoms with Gasteiger partial charge in [0.1, 0.15) is 12.4 Å². The van der Waals surface area contributed by atoms with Gasteiger partial charge in [0.15, 0.2) is 0 Å². The first-order valence-corrected chi connectivity index (χ1v) is 19.8. The Labute approximate surface area is 266 Å². The summed E-state index contributed by atoms with van der Waals surface area (Å²) in [7, 11) is 0. The van der Waals surface area contributed by atoms with E-state index in [1.54, 1.807) is 0 Å². The summed E-state index contributed by atoms with van der Waals surface area (Å²) in [5, 5.41) is 0. The molecule has 0 aromatic carbocycles. The quantitative estimate of drug-likeness (QED) is 0.0623. The normalized spacial score (nSPS) is 13.1. The number of rotatable bonds is 33. The molecule has 1 rings (SSSR count). The molecule has 0 saturated carbocycles. The molecule has 1 aromatic rings. The van der Waals surface area contributed by atoms with Crippen LogP contribution in [-0.2, 0) is 0 Å². The maximum atomic E-state index is 3.75. The largest absolute Gasteiger partial charge is 0.257 e. The summed E-state index contributed by atoms with van der Waals surface area (Å²) in [4.78, 5) is 3.75. The Bertz CT molecular complexity index is 650. The Kier molecular flexibility index (Phi) is 28.3. The molecule has 0 radical (unpaired) electrons. The predicted octanol–water partition coefficient (Wildman–Crippen LogP) is 14.1. The second kappa shape index (κ2) is 30.2. The lowest BCUT2D eigenvalue weighted by Crippen LogP contribution is -2.41. The lowest BCUT2D eigenvalue weighted by molar-refractivity contribution is -0.727. The van der Waals surface area contributed by atoms with Crippen molar-refractivity contribution in [1.29, 1.82) is 0 Å². The van der Waals surface area contributed by atoms with Gasteiger partial charge in [-0.2, -0.15) is 0 Å². The zero-order valence-electron chi connectivity index (χ0n) is 29.7. The van der Waals surface area contributed by atoms with Crippen molar-refractivity contribution in [3.8, 4) is 0 Å². The first kappa shape index (κ1) is 39.2. The van der Waals surface area contributed by atoms with Crippen molar-refractivity contribution < 1.29 is 4.57 Å². The van der Waals surface area contributed by atoms with Gasteiger partial charge < -0.3 is 0 Å². The highest BCUT2D eigenvalue weighted by Crippen LogP contribution is 2.27. The van der Waals surface area contributed by atoms with Crippen LogP contribution in [0.3, 0.4) is 0 Å². The van der Waals surface area contributed by atoms with Gasteiger partial charge in [0.25, 0.3) is 5.82 Å². The Balaban J connectivity index is 2.39. The van der Waals surface area contributed by atoms with Crippen molar-refractivity contribution in [2.24, 2.45) is 0 Å². The average Bonchev–Trinajstić information content (AvgIpc) is 3.49. The molecule has 0 bridgehead atoms. The molecule has 1 N–H and O–H groups in total. The summed E-state index contributed by atoms with van der Waals surface area (Å²) >= 11 is 0. The topological polar surface area (TPSA) is 19.7 Å². The van der Waals surface area contributed by atoms with E-state index in [1.165, 1.54) is 205 Å². The van der Waals surface area contributed by atoms with Gasteiger partial charge in [0.2, 0.25) is 0 Å². The molecule has 0 spiro atoms. The van der Waals surface area contributed by atoms with Crippen LogP contribution in [-0.4, -0.2) is 4.98 Å². The summed E-state index contributed by atoms with van der Waals surface area (Å²) in [5.41, 5.74) is 0. The summed E-state index contributed by atoms with van der Waals surface area (Å²) in [5.74, 6) is 2.25. The molecule has 0 fully saturated rings. The Hall–Kier alpha value is -0.790. The van der Waals surface area contributed by atoms with Gasteiger partial charge in [0, 0.05) is 0 Å². The van der Waals surface area contributed by atoms with E-state index in [2.05, 4.69) is 49.6 Å². The van der Waals surface area contributed by atoms with Gasteiger partial charge in [-0.05, 0) is 32.6 Å². The van der Waals surface area contributed by atoms with Crippen LogP contribution in [0.15, 0.2) is 12.4 Å². The van der Waals surface area contributed by atoms with E-state index < -0.39 is 0 Å². The maximum absolute atomic E-state index is 3.75. The van der Waals surface area contributed by atoms with Crippen molar-refractivity contribution in [2.45, 2.75) is 239 Å². The van der Waals surface area contributed by atoms with Gasteiger partial charge in [-0.25, -0.2) is 9.55 Å². The third kappa shape index (κ3) is 21.8. The van der Waals surface area contributed by atoms with Crippen LogP contribution >= 0.6 is 0 Å². The van der Waals surface area contributed by atoms with Crippen LogP contribution in [0.2, 0.25) is 0 Å². The lowest BCUT2D eigenvalue weighted by atomic mass is 9.92. The third-order valence-corrected chi connectivity index (χ3v) is 9.89. The van der Waals surface area contributed by atoms with Crippen LogP contribution < -0.4 is 4.57 Å². The van der Waals surface area contributed by atoms with E-state index >= 15 is 0 Å². The fourth-order valence-electron chi connectivity index (χ4n) is 6.96. The molecule has 1 heterocycles. The molecule has 0 aliphatic rings.